The molecule has 1 aromatic heterocycles. The Morgan fingerprint density at radius 1 is 1.53 bits per heavy atom. The molecule has 1 aliphatic rings. The average Bonchev–Trinajstić information content (AvgIpc) is 2.91. The quantitative estimate of drug-likeness (QED) is 0.832. The summed E-state index contributed by atoms with van der Waals surface area (Å²) in [5.74, 6) is 0.723. The molecular formula is C12H20N4O2S. The van der Waals surface area contributed by atoms with Crippen LogP contribution in [0.2, 0.25) is 0 Å². The fourth-order valence-corrected chi connectivity index (χ4v) is 3.06. The van der Waals surface area contributed by atoms with Crippen molar-refractivity contribution in [2.24, 2.45) is 5.92 Å². The molecule has 106 valence electrons. The first-order chi connectivity index (χ1) is 8.99. The van der Waals surface area contributed by atoms with Crippen LogP contribution in [-0.2, 0) is 4.79 Å². The van der Waals surface area contributed by atoms with E-state index in [1.165, 1.54) is 18.2 Å². The number of carbonyl (C=O) groups is 1. The minimum absolute atomic E-state index is 0.0151. The lowest BCUT2D eigenvalue weighted by molar-refractivity contribution is -0.133. The summed E-state index contributed by atoms with van der Waals surface area (Å²) in [6, 6.07) is 0.220. The van der Waals surface area contributed by atoms with Gasteiger partial charge in [0.1, 0.15) is 0 Å². The van der Waals surface area contributed by atoms with Crippen molar-refractivity contribution in [2.45, 2.75) is 38.4 Å². The molecule has 0 aromatic carbocycles. The van der Waals surface area contributed by atoms with Crippen molar-refractivity contribution in [1.29, 1.82) is 0 Å². The molecule has 0 saturated carbocycles. The molecule has 0 spiro atoms. The van der Waals surface area contributed by atoms with Gasteiger partial charge in [0.15, 0.2) is 5.16 Å². The summed E-state index contributed by atoms with van der Waals surface area (Å²) in [6.07, 6.45) is 1.17. The van der Waals surface area contributed by atoms with Crippen LogP contribution >= 0.6 is 11.8 Å². The number of carboxylic acids is 1. The lowest BCUT2D eigenvalue weighted by atomic mass is 10.2. The highest BCUT2D eigenvalue weighted by molar-refractivity contribution is 7.99. The summed E-state index contributed by atoms with van der Waals surface area (Å²) in [4.78, 5) is 12.9. The molecule has 1 saturated heterocycles. The van der Waals surface area contributed by atoms with Crippen molar-refractivity contribution in [3.8, 4) is 0 Å². The van der Waals surface area contributed by atoms with Gasteiger partial charge in [0.05, 0.1) is 5.75 Å². The van der Waals surface area contributed by atoms with Gasteiger partial charge in [-0.05, 0) is 26.2 Å². The highest BCUT2D eigenvalue weighted by Gasteiger charge is 2.26. The summed E-state index contributed by atoms with van der Waals surface area (Å²) >= 11 is 1.23. The Balaban J connectivity index is 2.21. The number of thioether (sulfide) groups is 1. The lowest BCUT2D eigenvalue weighted by Gasteiger charge is -2.20. The van der Waals surface area contributed by atoms with Gasteiger partial charge in [-0.15, -0.1) is 10.2 Å². The zero-order chi connectivity index (χ0) is 14.0. The number of rotatable bonds is 5. The molecule has 1 fully saturated rings. The van der Waals surface area contributed by atoms with E-state index in [9.17, 15) is 4.79 Å². The van der Waals surface area contributed by atoms with E-state index in [-0.39, 0.29) is 11.8 Å². The van der Waals surface area contributed by atoms with E-state index in [1.54, 1.807) is 0 Å². The van der Waals surface area contributed by atoms with Crippen LogP contribution in [-0.4, -0.2) is 44.7 Å². The van der Waals surface area contributed by atoms with Crippen LogP contribution in [0, 0.1) is 5.92 Å². The number of aromatic nitrogens is 3. The Bertz CT molecular complexity index is 461. The van der Waals surface area contributed by atoms with E-state index in [4.69, 9.17) is 5.11 Å². The fraction of sp³-hybridized carbons (Fsp3) is 0.750. The van der Waals surface area contributed by atoms with Gasteiger partial charge in [-0.2, -0.15) is 0 Å². The van der Waals surface area contributed by atoms with E-state index in [1.807, 2.05) is 4.57 Å². The minimum atomic E-state index is -0.834. The molecule has 6 nitrogen and oxygen atoms in total. The van der Waals surface area contributed by atoms with Gasteiger partial charge >= 0.3 is 5.97 Å². The van der Waals surface area contributed by atoms with Crippen molar-refractivity contribution in [2.75, 3.05) is 23.7 Å². The third kappa shape index (κ3) is 3.20. The van der Waals surface area contributed by atoms with Crippen molar-refractivity contribution in [3.63, 3.8) is 0 Å². The SMILES string of the molecule is CC1CCN(c2nnc(SCC(=O)O)n2C(C)C)C1. The number of nitrogens with zero attached hydrogens (tertiary/aromatic N) is 4. The minimum Gasteiger partial charge on any atom is -0.481 e. The molecule has 0 aliphatic carbocycles. The summed E-state index contributed by atoms with van der Waals surface area (Å²) < 4.78 is 2.03. The number of hydrogen-bond acceptors (Lipinski definition) is 5. The molecule has 0 bridgehead atoms. The van der Waals surface area contributed by atoms with Gasteiger partial charge in [-0.3, -0.25) is 9.36 Å². The second-order valence-corrected chi connectivity index (χ2v) is 6.21. The molecule has 7 heteroatoms. The molecule has 1 aliphatic heterocycles. The standard InChI is InChI=1S/C12H20N4O2S/c1-8(2)16-11(15-5-4-9(3)6-15)13-14-12(16)19-7-10(17)18/h8-9H,4-7H2,1-3H3,(H,17,18). The maximum Gasteiger partial charge on any atom is 0.313 e. The monoisotopic (exact) mass is 284 g/mol. The second kappa shape index (κ2) is 5.81. The van der Waals surface area contributed by atoms with Crippen molar-refractivity contribution in [3.05, 3.63) is 0 Å². The topological polar surface area (TPSA) is 71.2 Å². The Hall–Kier alpha value is -1.24. The van der Waals surface area contributed by atoms with E-state index in [0.29, 0.717) is 11.1 Å². The van der Waals surface area contributed by atoms with Crippen molar-refractivity contribution >= 4 is 23.7 Å². The van der Waals surface area contributed by atoms with E-state index >= 15 is 0 Å². The molecule has 19 heavy (non-hydrogen) atoms. The van der Waals surface area contributed by atoms with Gasteiger partial charge in [0, 0.05) is 19.1 Å². The van der Waals surface area contributed by atoms with Crippen LogP contribution in [0.15, 0.2) is 5.16 Å². The van der Waals surface area contributed by atoms with Gasteiger partial charge < -0.3 is 10.0 Å². The number of aliphatic carboxylic acids is 1. The molecule has 0 amide bonds. The highest BCUT2D eigenvalue weighted by Crippen LogP contribution is 2.29. The average molecular weight is 284 g/mol. The Labute approximate surface area is 117 Å². The van der Waals surface area contributed by atoms with E-state index in [0.717, 1.165) is 19.0 Å². The van der Waals surface area contributed by atoms with Crippen LogP contribution in [0.4, 0.5) is 5.95 Å². The van der Waals surface area contributed by atoms with Crippen LogP contribution < -0.4 is 4.90 Å². The Morgan fingerprint density at radius 2 is 2.26 bits per heavy atom. The zero-order valence-electron chi connectivity index (χ0n) is 11.5. The maximum absolute atomic E-state index is 10.7. The molecule has 1 N–H and O–H groups in total. The fourth-order valence-electron chi connectivity index (χ4n) is 2.28. The van der Waals surface area contributed by atoms with Crippen molar-refractivity contribution in [1.82, 2.24) is 14.8 Å². The van der Waals surface area contributed by atoms with Crippen LogP contribution in [0.3, 0.4) is 0 Å². The van der Waals surface area contributed by atoms with E-state index in [2.05, 4.69) is 35.9 Å². The van der Waals surface area contributed by atoms with E-state index < -0.39 is 5.97 Å². The molecule has 1 unspecified atom stereocenters. The molecule has 2 rings (SSSR count). The summed E-state index contributed by atoms with van der Waals surface area (Å²) in [7, 11) is 0. The zero-order valence-corrected chi connectivity index (χ0v) is 12.4. The summed E-state index contributed by atoms with van der Waals surface area (Å²) in [6.45, 7) is 8.36. The molecular weight excluding hydrogens is 264 g/mol. The van der Waals surface area contributed by atoms with Gasteiger partial charge in [0.2, 0.25) is 5.95 Å². The smallest absolute Gasteiger partial charge is 0.313 e. The molecule has 0 radical (unpaired) electrons. The predicted octanol–water partition coefficient (Wildman–Crippen LogP) is 1.88. The number of carboxylic acid groups (broad SMARTS) is 1. The van der Waals surface area contributed by atoms with Crippen LogP contribution in [0.25, 0.3) is 0 Å². The molecule has 1 aromatic rings. The number of anilines is 1. The largest absolute Gasteiger partial charge is 0.481 e. The third-order valence-corrected chi connectivity index (χ3v) is 4.12. The molecule has 2 heterocycles. The Morgan fingerprint density at radius 3 is 2.79 bits per heavy atom. The third-order valence-electron chi connectivity index (χ3n) is 3.19. The normalized spacial score (nSPS) is 19.4. The van der Waals surface area contributed by atoms with Gasteiger partial charge in [-0.1, -0.05) is 18.7 Å². The van der Waals surface area contributed by atoms with Crippen LogP contribution in [0.5, 0.6) is 0 Å². The van der Waals surface area contributed by atoms with Crippen LogP contribution in [0.1, 0.15) is 33.2 Å². The highest BCUT2D eigenvalue weighted by atomic mass is 32.2. The van der Waals surface area contributed by atoms with Crippen molar-refractivity contribution < 1.29 is 9.90 Å². The summed E-state index contributed by atoms with van der Waals surface area (Å²) in [5.41, 5.74) is 0. The second-order valence-electron chi connectivity index (χ2n) is 5.27. The first-order valence-corrected chi connectivity index (χ1v) is 7.52. The molecule has 1 atom stereocenters. The first kappa shape index (κ1) is 14.2. The van der Waals surface area contributed by atoms with Gasteiger partial charge in [0.25, 0.3) is 0 Å². The van der Waals surface area contributed by atoms with Gasteiger partial charge in [-0.25, -0.2) is 0 Å². The first-order valence-electron chi connectivity index (χ1n) is 6.53. The maximum atomic E-state index is 10.7. The predicted molar refractivity (Wildman–Crippen MR) is 74.8 cm³/mol. The number of hydrogen-bond donors (Lipinski definition) is 1. The summed E-state index contributed by atoms with van der Waals surface area (Å²) in [5, 5.41) is 17.9. The Kier molecular flexibility index (Phi) is 4.34. The lowest BCUT2D eigenvalue weighted by Crippen LogP contribution is -2.24.